The SMILES string of the molecule is O=C(CCn1nnc2ccccc21)N/N=C/c1cccs1. The van der Waals surface area contributed by atoms with Crippen LogP contribution in [0.15, 0.2) is 46.9 Å². The fourth-order valence-corrected chi connectivity index (χ4v) is 2.46. The fourth-order valence-electron chi connectivity index (χ4n) is 1.88. The van der Waals surface area contributed by atoms with E-state index in [4.69, 9.17) is 0 Å². The summed E-state index contributed by atoms with van der Waals surface area (Å²) in [5, 5.41) is 14.0. The molecule has 0 aliphatic heterocycles. The first kappa shape index (κ1) is 13.4. The van der Waals surface area contributed by atoms with Crippen LogP contribution in [-0.2, 0) is 11.3 Å². The number of hydrazone groups is 1. The molecule has 21 heavy (non-hydrogen) atoms. The average Bonchev–Trinajstić information content (AvgIpc) is 3.14. The lowest BCUT2D eigenvalue weighted by atomic mass is 10.3. The molecule has 6 nitrogen and oxygen atoms in total. The van der Waals surface area contributed by atoms with Gasteiger partial charge in [-0.05, 0) is 23.6 Å². The number of carbonyl (C=O) groups is 1. The van der Waals surface area contributed by atoms with E-state index in [1.165, 1.54) is 0 Å². The van der Waals surface area contributed by atoms with Crippen LogP contribution in [0, 0.1) is 0 Å². The molecule has 1 amide bonds. The Morgan fingerprint density at radius 2 is 2.24 bits per heavy atom. The van der Waals surface area contributed by atoms with Crippen molar-refractivity contribution < 1.29 is 4.79 Å². The molecule has 0 aliphatic carbocycles. The minimum absolute atomic E-state index is 0.151. The zero-order valence-electron chi connectivity index (χ0n) is 11.1. The number of nitrogens with zero attached hydrogens (tertiary/aromatic N) is 4. The van der Waals surface area contributed by atoms with Crippen LogP contribution in [0.5, 0.6) is 0 Å². The zero-order chi connectivity index (χ0) is 14.5. The lowest BCUT2D eigenvalue weighted by Crippen LogP contribution is -2.19. The van der Waals surface area contributed by atoms with Gasteiger partial charge in [-0.25, -0.2) is 10.1 Å². The molecule has 0 spiro atoms. The monoisotopic (exact) mass is 299 g/mol. The van der Waals surface area contributed by atoms with Gasteiger partial charge in [0.2, 0.25) is 5.91 Å². The molecule has 7 heteroatoms. The van der Waals surface area contributed by atoms with Crippen LogP contribution in [0.1, 0.15) is 11.3 Å². The summed E-state index contributed by atoms with van der Waals surface area (Å²) in [6.07, 6.45) is 1.93. The van der Waals surface area contributed by atoms with Crippen molar-refractivity contribution in [2.24, 2.45) is 5.10 Å². The molecule has 2 heterocycles. The molecule has 0 unspecified atom stereocenters. The topological polar surface area (TPSA) is 72.2 Å². The highest BCUT2D eigenvalue weighted by atomic mass is 32.1. The third-order valence-electron chi connectivity index (χ3n) is 2.90. The number of rotatable bonds is 5. The first-order valence-electron chi connectivity index (χ1n) is 6.46. The molecule has 3 aromatic rings. The second-order valence-corrected chi connectivity index (χ2v) is 5.34. The summed E-state index contributed by atoms with van der Waals surface area (Å²) < 4.78 is 1.72. The maximum Gasteiger partial charge on any atom is 0.241 e. The average molecular weight is 299 g/mol. The normalized spacial score (nSPS) is 11.2. The van der Waals surface area contributed by atoms with Gasteiger partial charge in [0.25, 0.3) is 0 Å². The number of fused-ring (bicyclic) bond motifs is 1. The number of aromatic nitrogens is 3. The van der Waals surface area contributed by atoms with Crippen molar-refractivity contribution in [1.29, 1.82) is 0 Å². The molecule has 0 atom stereocenters. The summed E-state index contributed by atoms with van der Waals surface area (Å²) in [4.78, 5) is 12.7. The van der Waals surface area contributed by atoms with Gasteiger partial charge in [-0.3, -0.25) is 4.79 Å². The summed E-state index contributed by atoms with van der Waals surface area (Å²) >= 11 is 1.56. The van der Waals surface area contributed by atoms with Crippen molar-refractivity contribution in [3.63, 3.8) is 0 Å². The van der Waals surface area contributed by atoms with E-state index in [0.717, 1.165) is 15.9 Å². The Hall–Kier alpha value is -2.54. The second kappa shape index (κ2) is 6.27. The number of aryl methyl sites for hydroxylation is 1. The van der Waals surface area contributed by atoms with Crippen LogP contribution in [0.4, 0.5) is 0 Å². The molecule has 0 bridgehead atoms. The smallest absolute Gasteiger partial charge is 0.241 e. The third kappa shape index (κ3) is 3.32. The van der Waals surface area contributed by atoms with Crippen LogP contribution in [0.25, 0.3) is 11.0 Å². The molecule has 1 N–H and O–H groups in total. The number of hydrogen-bond acceptors (Lipinski definition) is 5. The van der Waals surface area contributed by atoms with E-state index in [-0.39, 0.29) is 5.91 Å². The van der Waals surface area contributed by atoms with E-state index >= 15 is 0 Å². The molecule has 0 saturated carbocycles. The molecule has 0 saturated heterocycles. The van der Waals surface area contributed by atoms with Gasteiger partial charge in [-0.1, -0.05) is 23.4 Å². The Morgan fingerprint density at radius 3 is 3.10 bits per heavy atom. The summed E-state index contributed by atoms with van der Waals surface area (Å²) in [6.45, 7) is 0.473. The van der Waals surface area contributed by atoms with Crippen molar-refractivity contribution in [3.05, 3.63) is 46.7 Å². The minimum atomic E-state index is -0.151. The molecule has 0 radical (unpaired) electrons. The molecule has 2 aromatic heterocycles. The summed E-state index contributed by atoms with van der Waals surface area (Å²) in [7, 11) is 0. The van der Waals surface area contributed by atoms with Crippen molar-refractivity contribution in [2.75, 3.05) is 0 Å². The van der Waals surface area contributed by atoms with Gasteiger partial charge in [0.05, 0.1) is 18.3 Å². The predicted octanol–water partition coefficient (Wildman–Crippen LogP) is 2.03. The Morgan fingerprint density at radius 1 is 1.33 bits per heavy atom. The Labute approximate surface area is 125 Å². The largest absolute Gasteiger partial charge is 0.273 e. The van der Waals surface area contributed by atoms with Gasteiger partial charge in [-0.2, -0.15) is 5.10 Å². The van der Waals surface area contributed by atoms with Gasteiger partial charge >= 0.3 is 0 Å². The van der Waals surface area contributed by atoms with E-state index < -0.39 is 0 Å². The zero-order valence-corrected chi connectivity index (χ0v) is 12.0. The molecule has 1 aromatic carbocycles. The van der Waals surface area contributed by atoms with Gasteiger partial charge in [0, 0.05) is 11.3 Å². The number of hydrogen-bond donors (Lipinski definition) is 1. The highest BCUT2D eigenvalue weighted by Gasteiger charge is 2.05. The quantitative estimate of drug-likeness (QED) is 0.579. The molecular formula is C14H13N5OS. The van der Waals surface area contributed by atoms with E-state index in [0.29, 0.717) is 13.0 Å². The Balaban J connectivity index is 1.54. The van der Waals surface area contributed by atoms with Crippen LogP contribution in [0.2, 0.25) is 0 Å². The number of carbonyl (C=O) groups excluding carboxylic acids is 1. The Kier molecular flexibility index (Phi) is 4.02. The van der Waals surface area contributed by atoms with Crippen LogP contribution < -0.4 is 5.43 Å². The highest BCUT2D eigenvalue weighted by Crippen LogP contribution is 2.09. The molecule has 3 rings (SSSR count). The van der Waals surface area contributed by atoms with Gasteiger partial charge in [-0.15, -0.1) is 16.4 Å². The maximum absolute atomic E-state index is 11.7. The second-order valence-electron chi connectivity index (χ2n) is 4.36. The third-order valence-corrected chi connectivity index (χ3v) is 3.70. The number of benzene rings is 1. The Bertz CT molecular complexity index is 763. The molecule has 0 fully saturated rings. The summed E-state index contributed by atoms with van der Waals surface area (Å²) in [5.74, 6) is -0.151. The van der Waals surface area contributed by atoms with Crippen molar-refractivity contribution in [3.8, 4) is 0 Å². The van der Waals surface area contributed by atoms with Crippen molar-refractivity contribution in [1.82, 2.24) is 20.4 Å². The van der Waals surface area contributed by atoms with Crippen molar-refractivity contribution in [2.45, 2.75) is 13.0 Å². The number of nitrogens with one attached hydrogen (secondary N) is 1. The number of para-hydroxylation sites is 1. The summed E-state index contributed by atoms with van der Waals surface area (Å²) in [5.41, 5.74) is 4.26. The van der Waals surface area contributed by atoms with Gasteiger partial charge in [0.15, 0.2) is 0 Å². The van der Waals surface area contributed by atoms with Crippen LogP contribution in [0.3, 0.4) is 0 Å². The predicted molar refractivity (Wildman–Crippen MR) is 82.2 cm³/mol. The maximum atomic E-state index is 11.7. The molecule has 0 aliphatic rings. The van der Waals surface area contributed by atoms with E-state index in [2.05, 4.69) is 20.8 Å². The first-order valence-corrected chi connectivity index (χ1v) is 7.34. The lowest BCUT2D eigenvalue weighted by molar-refractivity contribution is -0.121. The van der Waals surface area contributed by atoms with Gasteiger partial charge < -0.3 is 0 Å². The van der Waals surface area contributed by atoms with Crippen LogP contribution in [-0.4, -0.2) is 27.1 Å². The number of thiophene rings is 1. The summed E-state index contributed by atoms with van der Waals surface area (Å²) in [6, 6.07) is 11.5. The minimum Gasteiger partial charge on any atom is -0.273 e. The van der Waals surface area contributed by atoms with Gasteiger partial charge in [0.1, 0.15) is 5.52 Å². The first-order chi connectivity index (χ1) is 10.3. The van der Waals surface area contributed by atoms with Crippen LogP contribution >= 0.6 is 11.3 Å². The highest BCUT2D eigenvalue weighted by molar-refractivity contribution is 7.11. The number of amides is 1. The van der Waals surface area contributed by atoms with E-state index in [1.807, 2.05) is 41.8 Å². The lowest BCUT2D eigenvalue weighted by Gasteiger charge is -2.01. The fraction of sp³-hybridized carbons (Fsp3) is 0.143. The van der Waals surface area contributed by atoms with E-state index in [9.17, 15) is 4.79 Å². The van der Waals surface area contributed by atoms with E-state index in [1.54, 1.807) is 22.2 Å². The molecule has 106 valence electrons. The molecular weight excluding hydrogens is 286 g/mol. The van der Waals surface area contributed by atoms with Crippen molar-refractivity contribution >= 4 is 34.5 Å². The standard InChI is InChI=1S/C14H13N5OS/c20-14(17-15-10-11-4-3-9-21-11)7-8-19-13-6-2-1-5-12(13)16-18-19/h1-6,9-10H,7-8H2,(H,17,20)/b15-10+.